The molecule has 0 aromatic heterocycles. The lowest BCUT2D eigenvalue weighted by molar-refractivity contribution is -0.132. The fourth-order valence-corrected chi connectivity index (χ4v) is 2.64. The Balaban J connectivity index is 2.31. The molecule has 7 nitrogen and oxygen atoms in total. The van der Waals surface area contributed by atoms with Crippen LogP contribution in [0, 0.1) is 5.92 Å². The summed E-state index contributed by atoms with van der Waals surface area (Å²) in [7, 11) is -2.69. The van der Waals surface area contributed by atoms with Crippen molar-refractivity contribution >= 4 is 21.9 Å². The van der Waals surface area contributed by atoms with Crippen LogP contribution >= 0.6 is 0 Å². The first kappa shape index (κ1) is 12.1. The highest BCUT2D eigenvalue weighted by Crippen LogP contribution is 2.22. The van der Waals surface area contributed by atoms with E-state index in [4.69, 9.17) is 4.74 Å². The third kappa shape index (κ3) is 2.64. The number of nitrogens with one attached hydrogen (secondary N) is 1. The van der Waals surface area contributed by atoms with Gasteiger partial charge in [0.1, 0.15) is 0 Å². The molecular weight excluding hydrogens is 248 g/mol. The van der Waals surface area contributed by atoms with Crippen molar-refractivity contribution in [2.24, 2.45) is 10.3 Å². The van der Waals surface area contributed by atoms with E-state index in [-0.39, 0.29) is 11.6 Å². The quantitative estimate of drug-likeness (QED) is 0.667. The molecule has 0 aromatic rings. The van der Waals surface area contributed by atoms with E-state index in [0.29, 0.717) is 25.3 Å². The molecule has 1 unspecified atom stereocenters. The third-order valence-corrected chi connectivity index (χ3v) is 3.45. The average Bonchev–Trinajstić information content (AvgIpc) is 2.79. The van der Waals surface area contributed by atoms with Gasteiger partial charge in [-0.25, -0.2) is 4.79 Å². The van der Waals surface area contributed by atoms with Crippen molar-refractivity contribution < 1.29 is 22.7 Å². The normalized spacial score (nSPS) is 26.8. The summed E-state index contributed by atoms with van der Waals surface area (Å²) in [5.41, 5.74) is 0.214. The van der Waals surface area contributed by atoms with Gasteiger partial charge < -0.3 is 9.47 Å². The highest BCUT2D eigenvalue weighted by atomic mass is 32.2. The van der Waals surface area contributed by atoms with Gasteiger partial charge in [-0.1, -0.05) is 0 Å². The van der Waals surface area contributed by atoms with Crippen LogP contribution in [0.2, 0.25) is 0 Å². The van der Waals surface area contributed by atoms with Crippen LogP contribution in [-0.2, 0) is 24.5 Å². The second kappa shape index (κ2) is 4.46. The fraction of sp³-hybridized carbons (Fsp3) is 0.556. The van der Waals surface area contributed by atoms with Gasteiger partial charge >= 0.3 is 16.2 Å². The Bertz CT molecular complexity index is 488. The number of rotatable bonds is 2. The van der Waals surface area contributed by atoms with Gasteiger partial charge in [-0.2, -0.15) is 8.42 Å². The SMILES string of the molecule is COC(=O)C1=NS(=O)(=O)NC(C2CCOC2)=C1. The highest BCUT2D eigenvalue weighted by molar-refractivity contribution is 7.88. The van der Waals surface area contributed by atoms with E-state index in [2.05, 4.69) is 13.9 Å². The van der Waals surface area contributed by atoms with Crippen molar-refractivity contribution in [1.82, 2.24) is 4.72 Å². The molecular formula is C9H12N2O5S. The van der Waals surface area contributed by atoms with Gasteiger partial charge in [0, 0.05) is 18.2 Å². The van der Waals surface area contributed by atoms with E-state index in [0.717, 1.165) is 0 Å². The van der Waals surface area contributed by atoms with Crippen LogP contribution in [0.3, 0.4) is 0 Å². The largest absolute Gasteiger partial charge is 0.464 e. The molecule has 0 spiro atoms. The lowest BCUT2D eigenvalue weighted by Gasteiger charge is -2.18. The first-order valence-corrected chi connectivity index (χ1v) is 6.46. The van der Waals surface area contributed by atoms with Crippen molar-refractivity contribution in [3.05, 3.63) is 11.8 Å². The Morgan fingerprint density at radius 2 is 2.41 bits per heavy atom. The molecule has 2 rings (SSSR count). The summed E-state index contributed by atoms with van der Waals surface area (Å²) in [6.45, 7) is 1.01. The smallest absolute Gasteiger partial charge is 0.357 e. The minimum atomic E-state index is -3.86. The van der Waals surface area contributed by atoms with E-state index < -0.39 is 16.2 Å². The predicted molar refractivity (Wildman–Crippen MR) is 58.5 cm³/mol. The molecule has 1 saturated heterocycles. The van der Waals surface area contributed by atoms with Gasteiger partial charge in [0.25, 0.3) is 0 Å². The summed E-state index contributed by atoms with van der Waals surface area (Å²) < 4.78 is 38.1. The number of hydrogen-bond acceptors (Lipinski definition) is 5. The lowest BCUT2D eigenvalue weighted by atomic mass is 10.0. The highest BCUT2D eigenvalue weighted by Gasteiger charge is 2.29. The monoisotopic (exact) mass is 260 g/mol. The maximum absolute atomic E-state index is 11.5. The predicted octanol–water partition coefficient (Wildman–Crippen LogP) is -0.631. The maximum atomic E-state index is 11.5. The molecule has 0 saturated carbocycles. The summed E-state index contributed by atoms with van der Waals surface area (Å²) >= 11 is 0. The standard InChI is InChI=1S/C9H12N2O5S/c1-15-9(12)8-4-7(6-2-3-16-5-6)10-17(13,14)11-8/h4,6,10H,2-3,5H2,1H3. The number of hydrogen-bond donors (Lipinski definition) is 1. The number of nitrogens with zero attached hydrogens (tertiary/aromatic N) is 1. The van der Waals surface area contributed by atoms with E-state index in [1.807, 2.05) is 0 Å². The van der Waals surface area contributed by atoms with Gasteiger partial charge in [0.15, 0.2) is 5.71 Å². The number of methoxy groups -OCH3 is 1. The molecule has 94 valence electrons. The van der Waals surface area contributed by atoms with Crippen LogP contribution in [0.5, 0.6) is 0 Å². The topological polar surface area (TPSA) is 94.1 Å². The Morgan fingerprint density at radius 1 is 1.65 bits per heavy atom. The molecule has 8 heteroatoms. The Morgan fingerprint density at radius 3 is 3.00 bits per heavy atom. The van der Waals surface area contributed by atoms with E-state index in [1.54, 1.807) is 0 Å². The van der Waals surface area contributed by atoms with E-state index in [9.17, 15) is 13.2 Å². The second-order valence-electron chi connectivity index (χ2n) is 3.71. The Kier molecular flexibility index (Phi) is 3.16. The maximum Gasteiger partial charge on any atom is 0.357 e. The first-order chi connectivity index (χ1) is 8.02. The molecule has 1 fully saturated rings. The molecule has 2 aliphatic rings. The van der Waals surface area contributed by atoms with Gasteiger partial charge in [-0.15, -0.1) is 4.40 Å². The van der Waals surface area contributed by atoms with Crippen LogP contribution in [0.25, 0.3) is 0 Å². The summed E-state index contributed by atoms with van der Waals surface area (Å²) in [5, 5.41) is 0. The zero-order valence-corrected chi connectivity index (χ0v) is 9.99. The zero-order chi connectivity index (χ0) is 12.5. The Labute approximate surface area is 98.7 Å². The molecule has 0 aliphatic carbocycles. The zero-order valence-electron chi connectivity index (χ0n) is 9.17. The van der Waals surface area contributed by atoms with Crippen LogP contribution in [0.15, 0.2) is 16.2 Å². The molecule has 2 aliphatic heterocycles. The van der Waals surface area contributed by atoms with Crippen molar-refractivity contribution in [3.8, 4) is 0 Å². The molecule has 0 aromatic carbocycles. The van der Waals surface area contributed by atoms with Crippen LogP contribution in [0.4, 0.5) is 0 Å². The lowest BCUT2D eigenvalue weighted by Crippen LogP contribution is -2.33. The number of carbonyl (C=O) groups is 1. The number of esters is 1. The average molecular weight is 260 g/mol. The van der Waals surface area contributed by atoms with E-state index in [1.165, 1.54) is 13.2 Å². The molecule has 2 heterocycles. The van der Waals surface area contributed by atoms with Crippen LogP contribution in [-0.4, -0.2) is 40.4 Å². The van der Waals surface area contributed by atoms with Crippen molar-refractivity contribution in [3.63, 3.8) is 0 Å². The molecule has 0 radical (unpaired) electrons. The van der Waals surface area contributed by atoms with Crippen LogP contribution in [0.1, 0.15) is 6.42 Å². The molecule has 17 heavy (non-hydrogen) atoms. The summed E-state index contributed by atoms with van der Waals surface area (Å²) in [6.07, 6.45) is 2.11. The minimum absolute atomic E-state index is 0.0556. The third-order valence-electron chi connectivity index (χ3n) is 2.52. The second-order valence-corrected chi connectivity index (χ2v) is 5.04. The van der Waals surface area contributed by atoms with Gasteiger partial charge in [0.2, 0.25) is 0 Å². The van der Waals surface area contributed by atoms with Crippen molar-refractivity contribution in [2.45, 2.75) is 6.42 Å². The molecule has 1 atom stereocenters. The van der Waals surface area contributed by atoms with Crippen molar-refractivity contribution in [1.29, 1.82) is 0 Å². The van der Waals surface area contributed by atoms with E-state index >= 15 is 0 Å². The molecule has 0 bridgehead atoms. The first-order valence-electron chi connectivity index (χ1n) is 5.02. The molecule has 0 amide bonds. The Hall–Kier alpha value is -1.41. The van der Waals surface area contributed by atoms with Gasteiger partial charge in [0.05, 0.1) is 13.7 Å². The summed E-state index contributed by atoms with van der Waals surface area (Å²) in [4.78, 5) is 11.3. The van der Waals surface area contributed by atoms with Crippen molar-refractivity contribution in [2.75, 3.05) is 20.3 Å². The van der Waals surface area contributed by atoms with Crippen LogP contribution < -0.4 is 4.72 Å². The van der Waals surface area contributed by atoms with Gasteiger partial charge in [-0.3, -0.25) is 4.72 Å². The summed E-state index contributed by atoms with van der Waals surface area (Å²) in [5.74, 6) is -0.827. The fourth-order valence-electron chi connectivity index (χ4n) is 1.69. The molecule has 1 N–H and O–H groups in total. The minimum Gasteiger partial charge on any atom is -0.464 e. The number of carbonyl (C=O) groups excluding carboxylic acids is 1. The van der Waals surface area contributed by atoms with Gasteiger partial charge in [-0.05, 0) is 12.5 Å². The summed E-state index contributed by atoms with van der Waals surface area (Å²) in [6, 6.07) is 0. The number of ether oxygens (including phenoxy) is 2.